The first kappa shape index (κ1) is 25.7. The molecule has 0 fully saturated rings. The van der Waals surface area contributed by atoms with Crippen LogP contribution in [0.2, 0.25) is 0 Å². The molecule has 37 heavy (non-hydrogen) atoms. The van der Waals surface area contributed by atoms with E-state index in [1.165, 1.54) is 30.5 Å². The number of amides is 1. The number of likely N-dealkylation sites (N-methyl/N-ethyl adjacent to an activating group) is 1. The SMILES string of the molecule is CN[C@H](C)C(=O)Nc1ccc(-c2cccc(C)c2)n(Cc2cncc(C(=O)c3ccc(F)cc3)c2)c1=O. The molecule has 2 heterocycles. The van der Waals surface area contributed by atoms with Gasteiger partial charge in [0, 0.05) is 23.5 Å². The lowest BCUT2D eigenvalue weighted by Crippen LogP contribution is -2.37. The van der Waals surface area contributed by atoms with Crippen molar-refractivity contribution in [3.63, 3.8) is 0 Å². The van der Waals surface area contributed by atoms with Crippen LogP contribution in [0, 0.1) is 12.7 Å². The van der Waals surface area contributed by atoms with E-state index in [9.17, 15) is 18.8 Å². The summed E-state index contributed by atoms with van der Waals surface area (Å²) in [4.78, 5) is 43.2. The van der Waals surface area contributed by atoms with E-state index in [0.717, 1.165) is 11.1 Å². The fourth-order valence-electron chi connectivity index (χ4n) is 3.91. The van der Waals surface area contributed by atoms with Crippen molar-refractivity contribution >= 4 is 17.4 Å². The summed E-state index contributed by atoms with van der Waals surface area (Å²) < 4.78 is 14.8. The minimum absolute atomic E-state index is 0.116. The van der Waals surface area contributed by atoms with Crippen LogP contribution in [0.1, 0.15) is 34.0 Å². The average Bonchev–Trinajstić information content (AvgIpc) is 2.90. The Hall–Kier alpha value is -4.43. The van der Waals surface area contributed by atoms with Gasteiger partial charge in [0.25, 0.3) is 5.56 Å². The number of ketones is 1. The minimum atomic E-state index is -0.484. The number of halogens is 1. The van der Waals surface area contributed by atoms with Gasteiger partial charge in [0.05, 0.1) is 18.3 Å². The highest BCUT2D eigenvalue weighted by Gasteiger charge is 2.17. The van der Waals surface area contributed by atoms with E-state index in [4.69, 9.17) is 0 Å². The molecule has 2 N–H and O–H groups in total. The first-order valence-corrected chi connectivity index (χ1v) is 11.8. The van der Waals surface area contributed by atoms with Crippen LogP contribution in [0.5, 0.6) is 0 Å². The van der Waals surface area contributed by atoms with Crippen molar-refractivity contribution in [1.82, 2.24) is 14.9 Å². The Kier molecular flexibility index (Phi) is 7.69. The van der Waals surface area contributed by atoms with Crippen molar-refractivity contribution in [2.24, 2.45) is 0 Å². The smallest absolute Gasteiger partial charge is 0.275 e. The standard InChI is InChI=1S/C29H27FN4O3/c1-18-5-4-6-22(13-18)26-12-11-25(33-28(36)19(2)31-3)29(37)34(26)17-20-14-23(16-32-15-20)27(35)21-7-9-24(30)10-8-21/h4-16,19,31H,17H2,1-3H3,(H,33,36)/t19-/m1/s1. The first-order valence-electron chi connectivity index (χ1n) is 11.8. The Bertz CT molecular complexity index is 1510. The molecular formula is C29H27FN4O3. The number of carbonyl (C=O) groups is 2. The third kappa shape index (κ3) is 5.87. The maximum atomic E-state index is 13.6. The lowest BCUT2D eigenvalue weighted by Gasteiger charge is -2.17. The number of hydrogen-bond acceptors (Lipinski definition) is 5. The van der Waals surface area contributed by atoms with Gasteiger partial charge in [-0.1, -0.05) is 23.8 Å². The lowest BCUT2D eigenvalue weighted by atomic mass is 10.0. The summed E-state index contributed by atoms with van der Waals surface area (Å²) >= 11 is 0. The molecule has 0 saturated carbocycles. The van der Waals surface area contributed by atoms with Crippen molar-refractivity contribution in [3.05, 3.63) is 118 Å². The zero-order chi connectivity index (χ0) is 26.5. The maximum Gasteiger partial charge on any atom is 0.275 e. The molecule has 0 aliphatic heterocycles. The molecule has 0 spiro atoms. The molecule has 4 aromatic rings. The highest BCUT2D eigenvalue weighted by atomic mass is 19.1. The Balaban J connectivity index is 1.75. The van der Waals surface area contributed by atoms with Crippen molar-refractivity contribution in [2.75, 3.05) is 12.4 Å². The van der Waals surface area contributed by atoms with E-state index in [1.54, 1.807) is 42.9 Å². The summed E-state index contributed by atoms with van der Waals surface area (Å²) in [5.41, 5.74) is 3.57. The fraction of sp³-hybridized carbons (Fsp3) is 0.172. The van der Waals surface area contributed by atoms with Crippen molar-refractivity contribution in [3.8, 4) is 11.3 Å². The highest BCUT2D eigenvalue weighted by molar-refractivity contribution is 6.08. The van der Waals surface area contributed by atoms with E-state index in [1.807, 2.05) is 31.2 Å². The molecule has 4 rings (SSSR count). The predicted octanol–water partition coefficient (Wildman–Crippen LogP) is 4.18. The van der Waals surface area contributed by atoms with Crippen LogP contribution in [-0.2, 0) is 11.3 Å². The molecule has 0 unspecified atom stereocenters. The number of anilines is 1. The molecule has 2 aromatic carbocycles. The molecule has 1 amide bonds. The van der Waals surface area contributed by atoms with Crippen LogP contribution in [-0.4, -0.2) is 34.3 Å². The number of benzene rings is 2. The van der Waals surface area contributed by atoms with E-state index in [0.29, 0.717) is 22.4 Å². The molecule has 0 aliphatic rings. The monoisotopic (exact) mass is 498 g/mol. The largest absolute Gasteiger partial charge is 0.320 e. The number of aromatic nitrogens is 2. The van der Waals surface area contributed by atoms with Crippen molar-refractivity contribution in [2.45, 2.75) is 26.4 Å². The van der Waals surface area contributed by atoms with Crippen molar-refractivity contribution < 1.29 is 14.0 Å². The molecule has 2 aromatic heterocycles. The number of carbonyl (C=O) groups excluding carboxylic acids is 2. The summed E-state index contributed by atoms with van der Waals surface area (Å²) in [5, 5.41) is 5.55. The molecular weight excluding hydrogens is 471 g/mol. The van der Waals surface area contributed by atoms with Gasteiger partial charge in [-0.2, -0.15) is 0 Å². The van der Waals surface area contributed by atoms with Crippen LogP contribution in [0.3, 0.4) is 0 Å². The third-order valence-corrected chi connectivity index (χ3v) is 6.08. The van der Waals surface area contributed by atoms with Gasteiger partial charge < -0.3 is 15.2 Å². The molecule has 1 atom stereocenters. The molecule has 0 saturated heterocycles. The number of aryl methyl sites for hydroxylation is 1. The first-order chi connectivity index (χ1) is 17.8. The van der Waals surface area contributed by atoms with E-state index in [-0.39, 0.29) is 29.5 Å². The second-order valence-electron chi connectivity index (χ2n) is 8.81. The number of hydrogen-bond donors (Lipinski definition) is 2. The predicted molar refractivity (Wildman–Crippen MR) is 141 cm³/mol. The molecule has 188 valence electrons. The van der Waals surface area contributed by atoms with Gasteiger partial charge >= 0.3 is 0 Å². The topological polar surface area (TPSA) is 93.1 Å². The van der Waals surface area contributed by atoms with Gasteiger partial charge in [0.1, 0.15) is 11.5 Å². The summed E-state index contributed by atoms with van der Waals surface area (Å²) in [6, 6.07) is 17.6. The summed E-state index contributed by atoms with van der Waals surface area (Å²) in [5.74, 6) is -1.06. The zero-order valence-corrected chi connectivity index (χ0v) is 20.8. The summed E-state index contributed by atoms with van der Waals surface area (Å²) in [6.45, 7) is 3.78. The summed E-state index contributed by atoms with van der Waals surface area (Å²) in [7, 11) is 1.66. The number of nitrogens with one attached hydrogen (secondary N) is 2. The Morgan fingerprint density at radius 3 is 2.46 bits per heavy atom. The van der Waals surface area contributed by atoms with E-state index >= 15 is 0 Å². The van der Waals surface area contributed by atoms with E-state index in [2.05, 4.69) is 15.6 Å². The average molecular weight is 499 g/mol. The normalized spacial score (nSPS) is 11.7. The van der Waals surface area contributed by atoms with Gasteiger partial charge in [-0.05, 0) is 80.6 Å². The van der Waals surface area contributed by atoms with Crippen molar-refractivity contribution in [1.29, 1.82) is 0 Å². The summed E-state index contributed by atoms with van der Waals surface area (Å²) in [6.07, 6.45) is 3.03. The second-order valence-corrected chi connectivity index (χ2v) is 8.81. The fourth-order valence-corrected chi connectivity index (χ4v) is 3.91. The maximum absolute atomic E-state index is 13.6. The molecule has 0 bridgehead atoms. The van der Waals surface area contributed by atoms with Gasteiger partial charge in [0.15, 0.2) is 5.78 Å². The zero-order valence-electron chi connectivity index (χ0n) is 20.8. The van der Waals surface area contributed by atoms with Gasteiger partial charge in [-0.3, -0.25) is 19.4 Å². The lowest BCUT2D eigenvalue weighted by molar-refractivity contribution is -0.117. The van der Waals surface area contributed by atoms with Gasteiger partial charge in [0.2, 0.25) is 5.91 Å². The van der Waals surface area contributed by atoms with Crippen LogP contribution in [0.25, 0.3) is 11.3 Å². The second kappa shape index (κ2) is 11.1. The molecule has 0 radical (unpaired) electrons. The third-order valence-electron chi connectivity index (χ3n) is 6.08. The Morgan fingerprint density at radius 2 is 1.76 bits per heavy atom. The molecule has 7 nitrogen and oxygen atoms in total. The van der Waals surface area contributed by atoms with Crippen LogP contribution in [0.4, 0.5) is 10.1 Å². The van der Waals surface area contributed by atoms with Crippen LogP contribution < -0.4 is 16.2 Å². The van der Waals surface area contributed by atoms with Gasteiger partial charge in [-0.15, -0.1) is 0 Å². The Labute approximate surface area is 214 Å². The Morgan fingerprint density at radius 1 is 1.00 bits per heavy atom. The van der Waals surface area contributed by atoms with Gasteiger partial charge in [-0.25, -0.2) is 4.39 Å². The van der Waals surface area contributed by atoms with Crippen LogP contribution in [0.15, 0.2) is 83.9 Å². The number of rotatable bonds is 8. The minimum Gasteiger partial charge on any atom is -0.320 e. The highest BCUT2D eigenvalue weighted by Crippen LogP contribution is 2.22. The molecule has 8 heteroatoms. The number of nitrogens with zero attached hydrogens (tertiary/aromatic N) is 2. The number of pyridine rings is 2. The molecule has 0 aliphatic carbocycles. The van der Waals surface area contributed by atoms with E-state index < -0.39 is 11.9 Å². The van der Waals surface area contributed by atoms with Crippen LogP contribution >= 0.6 is 0 Å². The quantitative estimate of drug-likeness (QED) is 0.356.